The number of benzene rings is 1. The van der Waals surface area contributed by atoms with Gasteiger partial charge in [-0.2, -0.15) is 5.48 Å². The number of fused-ring (bicyclic) bond motifs is 1. The maximum absolute atomic E-state index is 10.9. The van der Waals surface area contributed by atoms with Crippen LogP contribution in [0.15, 0.2) is 18.2 Å². The van der Waals surface area contributed by atoms with Crippen LogP contribution in [0.2, 0.25) is 0 Å². The van der Waals surface area contributed by atoms with Crippen LogP contribution in [0.3, 0.4) is 0 Å². The quantitative estimate of drug-likeness (QED) is 0.726. The fraction of sp³-hybridized carbons (Fsp3) is 0.364. The Bertz CT molecular complexity index is 377. The molecule has 80 valence electrons. The largest absolute Gasteiger partial charge is 0.326 e. The summed E-state index contributed by atoms with van der Waals surface area (Å²) in [6, 6.07) is 5.93. The molecule has 0 aliphatic carbocycles. The van der Waals surface area contributed by atoms with Crippen LogP contribution in [-0.4, -0.2) is 12.5 Å². The van der Waals surface area contributed by atoms with E-state index in [0.29, 0.717) is 6.61 Å². The first-order valence-corrected chi connectivity index (χ1v) is 5.00. The normalized spacial score (nSPS) is 15.3. The topological polar surface area (TPSA) is 50.4 Å². The molecule has 1 aliphatic heterocycles. The van der Waals surface area contributed by atoms with E-state index in [1.54, 1.807) is 0 Å². The highest BCUT2D eigenvalue weighted by atomic mass is 16.6. The minimum Gasteiger partial charge on any atom is -0.326 e. The van der Waals surface area contributed by atoms with E-state index in [1.807, 2.05) is 18.2 Å². The Labute approximate surface area is 88.6 Å². The van der Waals surface area contributed by atoms with Gasteiger partial charge in [0, 0.05) is 19.2 Å². The molecule has 1 aromatic rings. The number of anilines is 1. The van der Waals surface area contributed by atoms with Crippen molar-refractivity contribution in [1.82, 2.24) is 5.48 Å². The smallest absolute Gasteiger partial charge is 0.221 e. The van der Waals surface area contributed by atoms with Gasteiger partial charge in [-0.3, -0.25) is 4.79 Å². The third-order valence-electron chi connectivity index (χ3n) is 2.36. The molecule has 15 heavy (non-hydrogen) atoms. The van der Waals surface area contributed by atoms with E-state index in [9.17, 15) is 4.79 Å². The summed E-state index contributed by atoms with van der Waals surface area (Å²) >= 11 is 0. The molecule has 0 unspecified atom stereocenters. The lowest BCUT2D eigenvalue weighted by molar-refractivity contribution is -0.114. The van der Waals surface area contributed by atoms with Gasteiger partial charge in [0.1, 0.15) is 0 Å². The summed E-state index contributed by atoms with van der Waals surface area (Å²) in [5.41, 5.74) is 6.18. The predicted molar refractivity (Wildman–Crippen MR) is 57.2 cm³/mol. The summed E-state index contributed by atoms with van der Waals surface area (Å²) in [4.78, 5) is 16.1. The van der Waals surface area contributed by atoms with Crippen molar-refractivity contribution in [3.05, 3.63) is 29.3 Å². The first kappa shape index (κ1) is 10.1. The van der Waals surface area contributed by atoms with Gasteiger partial charge in [0.05, 0.1) is 6.61 Å². The van der Waals surface area contributed by atoms with Gasteiger partial charge in [0.15, 0.2) is 0 Å². The maximum Gasteiger partial charge on any atom is 0.221 e. The number of amides is 1. The summed E-state index contributed by atoms with van der Waals surface area (Å²) < 4.78 is 0. The number of carbonyl (C=O) groups is 1. The number of carbonyl (C=O) groups excluding carboxylic acids is 1. The maximum atomic E-state index is 10.9. The molecule has 0 radical (unpaired) electrons. The van der Waals surface area contributed by atoms with Crippen LogP contribution in [0, 0.1) is 0 Å². The van der Waals surface area contributed by atoms with E-state index in [0.717, 1.165) is 18.7 Å². The fourth-order valence-electron chi connectivity index (χ4n) is 1.67. The minimum absolute atomic E-state index is 0.0436. The van der Waals surface area contributed by atoms with E-state index < -0.39 is 0 Å². The molecule has 0 bridgehead atoms. The van der Waals surface area contributed by atoms with E-state index in [1.165, 1.54) is 18.1 Å². The Morgan fingerprint density at radius 3 is 3.13 bits per heavy atom. The third-order valence-corrected chi connectivity index (χ3v) is 2.36. The van der Waals surface area contributed by atoms with Gasteiger partial charge < -0.3 is 10.2 Å². The molecule has 1 amide bonds. The zero-order chi connectivity index (χ0) is 10.7. The molecule has 2 rings (SSSR count). The molecule has 0 saturated carbocycles. The molecule has 1 aliphatic rings. The van der Waals surface area contributed by atoms with Crippen molar-refractivity contribution in [3.63, 3.8) is 0 Å². The second kappa shape index (κ2) is 4.42. The van der Waals surface area contributed by atoms with Crippen molar-refractivity contribution in [2.75, 3.05) is 11.9 Å². The van der Waals surface area contributed by atoms with Crippen molar-refractivity contribution < 1.29 is 9.63 Å². The highest BCUT2D eigenvalue weighted by molar-refractivity contribution is 5.88. The number of hydroxylamine groups is 1. The lowest BCUT2D eigenvalue weighted by Crippen LogP contribution is -2.11. The molecule has 1 heterocycles. The third kappa shape index (κ3) is 2.55. The molecule has 4 nitrogen and oxygen atoms in total. The Kier molecular flexibility index (Phi) is 2.99. The van der Waals surface area contributed by atoms with Crippen LogP contribution in [0.25, 0.3) is 0 Å². The van der Waals surface area contributed by atoms with Crippen LogP contribution in [-0.2, 0) is 22.6 Å². The molecule has 0 spiro atoms. The van der Waals surface area contributed by atoms with Gasteiger partial charge in [-0.05, 0) is 29.7 Å². The van der Waals surface area contributed by atoms with Gasteiger partial charge >= 0.3 is 0 Å². The summed E-state index contributed by atoms with van der Waals surface area (Å²) in [5, 5.41) is 2.78. The summed E-state index contributed by atoms with van der Waals surface area (Å²) in [6.45, 7) is 2.89. The fourth-order valence-corrected chi connectivity index (χ4v) is 1.67. The Morgan fingerprint density at radius 2 is 2.33 bits per heavy atom. The van der Waals surface area contributed by atoms with Crippen molar-refractivity contribution in [3.8, 4) is 0 Å². The second-order valence-electron chi connectivity index (χ2n) is 3.58. The first-order valence-electron chi connectivity index (χ1n) is 5.00. The summed E-state index contributed by atoms with van der Waals surface area (Å²) in [7, 11) is 0. The van der Waals surface area contributed by atoms with E-state index in [-0.39, 0.29) is 5.91 Å². The molecule has 0 saturated heterocycles. The number of hydrogen-bond donors (Lipinski definition) is 2. The molecule has 0 fully saturated rings. The van der Waals surface area contributed by atoms with E-state index in [2.05, 4.69) is 10.8 Å². The van der Waals surface area contributed by atoms with Crippen molar-refractivity contribution in [1.29, 1.82) is 0 Å². The SMILES string of the molecule is CC(=O)Nc1ccc2c(c1)CCONC2. The molecule has 0 aromatic heterocycles. The lowest BCUT2D eigenvalue weighted by atomic mass is 10.0. The van der Waals surface area contributed by atoms with Crippen LogP contribution in [0.1, 0.15) is 18.1 Å². The monoisotopic (exact) mass is 206 g/mol. The van der Waals surface area contributed by atoms with Gasteiger partial charge in [0.25, 0.3) is 0 Å². The average Bonchev–Trinajstić information content (AvgIpc) is 2.41. The van der Waals surface area contributed by atoms with Crippen LogP contribution >= 0.6 is 0 Å². The van der Waals surface area contributed by atoms with Crippen molar-refractivity contribution in [2.24, 2.45) is 0 Å². The van der Waals surface area contributed by atoms with Crippen LogP contribution < -0.4 is 10.8 Å². The average molecular weight is 206 g/mol. The van der Waals surface area contributed by atoms with Gasteiger partial charge in [-0.15, -0.1) is 0 Å². The zero-order valence-electron chi connectivity index (χ0n) is 8.67. The molecule has 0 atom stereocenters. The number of rotatable bonds is 1. The second-order valence-corrected chi connectivity index (χ2v) is 3.58. The molecular weight excluding hydrogens is 192 g/mol. The minimum atomic E-state index is -0.0436. The molecular formula is C11H14N2O2. The van der Waals surface area contributed by atoms with Crippen LogP contribution in [0.4, 0.5) is 5.69 Å². The van der Waals surface area contributed by atoms with Crippen molar-refractivity contribution >= 4 is 11.6 Å². The Morgan fingerprint density at radius 1 is 1.47 bits per heavy atom. The highest BCUT2D eigenvalue weighted by Gasteiger charge is 2.08. The Balaban J connectivity index is 2.23. The van der Waals surface area contributed by atoms with Crippen LogP contribution in [0.5, 0.6) is 0 Å². The molecule has 2 N–H and O–H groups in total. The predicted octanol–water partition coefficient (Wildman–Crippen LogP) is 1.22. The summed E-state index contributed by atoms with van der Waals surface area (Å²) in [6.07, 6.45) is 0.871. The van der Waals surface area contributed by atoms with E-state index in [4.69, 9.17) is 4.84 Å². The van der Waals surface area contributed by atoms with Gasteiger partial charge in [0.2, 0.25) is 5.91 Å². The number of nitrogens with one attached hydrogen (secondary N) is 2. The Hall–Kier alpha value is -1.39. The van der Waals surface area contributed by atoms with Gasteiger partial charge in [-0.1, -0.05) is 6.07 Å². The highest BCUT2D eigenvalue weighted by Crippen LogP contribution is 2.18. The number of hydrogen-bond acceptors (Lipinski definition) is 3. The molecule has 1 aromatic carbocycles. The molecule has 4 heteroatoms. The summed E-state index contributed by atoms with van der Waals surface area (Å²) in [5.74, 6) is -0.0436. The lowest BCUT2D eigenvalue weighted by Gasteiger charge is -2.07. The first-order chi connectivity index (χ1) is 7.25. The van der Waals surface area contributed by atoms with Gasteiger partial charge in [-0.25, -0.2) is 0 Å². The van der Waals surface area contributed by atoms with Crippen molar-refractivity contribution in [2.45, 2.75) is 19.9 Å². The van der Waals surface area contributed by atoms with E-state index >= 15 is 0 Å². The standard InChI is InChI=1S/C11H14N2O2/c1-8(14)13-11-3-2-10-7-12-15-5-4-9(10)6-11/h2-3,6,12H,4-5,7H2,1H3,(H,13,14). The zero-order valence-corrected chi connectivity index (χ0v) is 8.67.